The number of likely N-dealkylation sites (tertiary alicyclic amines) is 1. The maximum Gasteiger partial charge on any atom is 0.338 e. The van der Waals surface area contributed by atoms with E-state index in [0.29, 0.717) is 22.2 Å². The number of rotatable bonds is 7. The highest BCUT2D eigenvalue weighted by Gasteiger charge is 2.25. The molecular formula is C26H32Cl2N2O3. The summed E-state index contributed by atoms with van der Waals surface area (Å²) in [6.45, 7) is 7.64. The van der Waals surface area contributed by atoms with E-state index in [9.17, 15) is 4.79 Å². The quantitative estimate of drug-likeness (QED) is 0.449. The summed E-state index contributed by atoms with van der Waals surface area (Å²) in [5.74, 6) is 1.27. The molecule has 0 atom stereocenters. The van der Waals surface area contributed by atoms with Gasteiger partial charge in [0, 0.05) is 44.5 Å². The van der Waals surface area contributed by atoms with Gasteiger partial charge >= 0.3 is 5.97 Å². The maximum absolute atomic E-state index is 11.8. The smallest absolute Gasteiger partial charge is 0.338 e. The van der Waals surface area contributed by atoms with Crippen molar-refractivity contribution in [1.29, 1.82) is 0 Å². The van der Waals surface area contributed by atoms with Crippen LogP contribution in [-0.2, 0) is 4.74 Å². The fraction of sp³-hybridized carbons (Fsp3) is 0.500. The lowest BCUT2D eigenvalue weighted by molar-refractivity contribution is 0.0526. The van der Waals surface area contributed by atoms with Gasteiger partial charge in [0.15, 0.2) is 0 Å². The van der Waals surface area contributed by atoms with Crippen molar-refractivity contribution in [2.75, 3.05) is 44.2 Å². The predicted octanol–water partition coefficient (Wildman–Crippen LogP) is 5.93. The lowest BCUT2D eigenvalue weighted by Gasteiger charge is -2.38. The molecule has 178 valence electrons. The number of ether oxygens (including phenoxy) is 2. The van der Waals surface area contributed by atoms with Crippen LogP contribution in [0, 0.1) is 5.92 Å². The van der Waals surface area contributed by atoms with Crippen molar-refractivity contribution in [3.63, 3.8) is 0 Å². The summed E-state index contributed by atoms with van der Waals surface area (Å²) in [7, 11) is 0. The topological polar surface area (TPSA) is 42.0 Å². The molecule has 2 aliphatic rings. The van der Waals surface area contributed by atoms with Crippen LogP contribution in [0.4, 0.5) is 5.69 Å². The molecule has 2 aliphatic heterocycles. The van der Waals surface area contributed by atoms with Crippen molar-refractivity contribution in [2.45, 2.75) is 38.7 Å². The van der Waals surface area contributed by atoms with Gasteiger partial charge in [0.1, 0.15) is 11.9 Å². The van der Waals surface area contributed by atoms with Crippen LogP contribution in [0.1, 0.15) is 43.0 Å². The monoisotopic (exact) mass is 490 g/mol. The second-order valence-corrected chi connectivity index (χ2v) is 9.71. The van der Waals surface area contributed by atoms with Crippen LogP contribution in [0.2, 0.25) is 10.0 Å². The highest BCUT2D eigenvalue weighted by Crippen LogP contribution is 2.29. The zero-order valence-electron chi connectivity index (χ0n) is 19.1. The van der Waals surface area contributed by atoms with E-state index in [1.165, 1.54) is 18.5 Å². The number of hydrogen-bond acceptors (Lipinski definition) is 5. The van der Waals surface area contributed by atoms with E-state index in [0.717, 1.165) is 57.2 Å². The van der Waals surface area contributed by atoms with Crippen LogP contribution in [0.15, 0.2) is 42.5 Å². The van der Waals surface area contributed by atoms with Crippen molar-refractivity contribution in [3.8, 4) is 5.75 Å². The number of esters is 1. The van der Waals surface area contributed by atoms with Crippen molar-refractivity contribution in [2.24, 2.45) is 5.92 Å². The van der Waals surface area contributed by atoms with Gasteiger partial charge in [-0.3, -0.25) is 0 Å². The normalized spacial score (nSPS) is 18.3. The first-order valence-electron chi connectivity index (χ1n) is 11.9. The fourth-order valence-corrected chi connectivity index (χ4v) is 5.00. The van der Waals surface area contributed by atoms with Crippen molar-refractivity contribution in [3.05, 3.63) is 58.1 Å². The summed E-state index contributed by atoms with van der Waals surface area (Å²) < 4.78 is 11.2. The van der Waals surface area contributed by atoms with Crippen LogP contribution in [0.3, 0.4) is 0 Å². The third-order valence-corrected chi connectivity index (χ3v) is 7.34. The Hall–Kier alpha value is -1.95. The van der Waals surface area contributed by atoms with Gasteiger partial charge in [-0.1, -0.05) is 23.2 Å². The largest absolute Gasteiger partial charge is 0.490 e. The molecule has 0 radical (unpaired) electrons. The summed E-state index contributed by atoms with van der Waals surface area (Å²) in [5.41, 5.74) is 1.80. The molecule has 2 saturated heterocycles. The molecule has 2 aromatic rings. The van der Waals surface area contributed by atoms with E-state index in [4.69, 9.17) is 32.7 Å². The molecule has 4 rings (SSSR count). The van der Waals surface area contributed by atoms with Crippen LogP contribution in [0.25, 0.3) is 0 Å². The Kier molecular flexibility index (Phi) is 8.39. The number of halogens is 2. The Morgan fingerprint density at radius 1 is 0.939 bits per heavy atom. The number of carbonyl (C=O) groups excluding carboxylic acids is 1. The minimum Gasteiger partial charge on any atom is -0.490 e. The summed E-state index contributed by atoms with van der Waals surface area (Å²) in [5, 5.41) is 1.09. The van der Waals surface area contributed by atoms with Gasteiger partial charge in [0.25, 0.3) is 0 Å². The molecule has 0 spiro atoms. The fourth-order valence-electron chi connectivity index (χ4n) is 4.71. The van der Waals surface area contributed by atoms with Gasteiger partial charge in [0.2, 0.25) is 0 Å². The molecule has 5 nitrogen and oxygen atoms in total. The lowest BCUT2D eigenvalue weighted by Crippen LogP contribution is -2.43. The van der Waals surface area contributed by atoms with Gasteiger partial charge < -0.3 is 19.3 Å². The van der Waals surface area contributed by atoms with Gasteiger partial charge in [-0.25, -0.2) is 4.79 Å². The Morgan fingerprint density at radius 3 is 2.27 bits per heavy atom. The number of benzene rings is 2. The predicted molar refractivity (Wildman–Crippen MR) is 134 cm³/mol. The van der Waals surface area contributed by atoms with Crippen molar-refractivity contribution in [1.82, 2.24) is 4.90 Å². The van der Waals surface area contributed by atoms with E-state index < -0.39 is 0 Å². The molecule has 2 fully saturated rings. The van der Waals surface area contributed by atoms with E-state index >= 15 is 0 Å². The van der Waals surface area contributed by atoms with Crippen molar-refractivity contribution >= 4 is 34.9 Å². The molecule has 7 heteroatoms. The zero-order valence-corrected chi connectivity index (χ0v) is 20.7. The Morgan fingerprint density at radius 2 is 1.64 bits per heavy atom. The first kappa shape index (κ1) is 24.2. The molecule has 0 aliphatic carbocycles. The number of anilines is 1. The van der Waals surface area contributed by atoms with E-state index in [1.54, 1.807) is 12.1 Å². The third-order valence-electron chi connectivity index (χ3n) is 6.60. The summed E-state index contributed by atoms with van der Waals surface area (Å²) >= 11 is 12.1. The molecule has 0 amide bonds. The second-order valence-electron chi connectivity index (χ2n) is 8.89. The number of hydrogen-bond donors (Lipinski definition) is 0. The molecule has 0 N–H and O–H groups in total. The molecular weight excluding hydrogens is 459 g/mol. The van der Waals surface area contributed by atoms with E-state index in [2.05, 4.69) is 9.80 Å². The van der Waals surface area contributed by atoms with Gasteiger partial charge in [-0.15, -0.1) is 0 Å². The number of piperidine rings is 2. The van der Waals surface area contributed by atoms with Crippen LogP contribution < -0.4 is 9.64 Å². The first-order valence-corrected chi connectivity index (χ1v) is 12.6. The van der Waals surface area contributed by atoms with E-state index in [1.807, 2.05) is 37.3 Å². The molecule has 0 aromatic heterocycles. The molecule has 33 heavy (non-hydrogen) atoms. The zero-order chi connectivity index (χ0) is 23.2. The summed E-state index contributed by atoms with van der Waals surface area (Å²) in [6, 6.07) is 13.3. The third kappa shape index (κ3) is 6.56. The Labute approximate surface area is 206 Å². The SMILES string of the molecule is CCOC(=O)c1ccc(N2CCC(CN3CCC(Oc4ccc(Cl)c(Cl)c4)CC3)CC2)cc1. The summed E-state index contributed by atoms with van der Waals surface area (Å²) in [6.07, 6.45) is 4.69. The maximum atomic E-state index is 11.8. The van der Waals surface area contributed by atoms with Gasteiger partial charge in [-0.2, -0.15) is 0 Å². The first-order chi connectivity index (χ1) is 16.0. The highest BCUT2D eigenvalue weighted by atomic mass is 35.5. The molecule has 0 saturated carbocycles. The van der Waals surface area contributed by atoms with Crippen molar-refractivity contribution < 1.29 is 14.3 Å². The average molecular weight is 491 g/mol. The summed E-state index contributed by atoms with van der Waals surface area (Å²) in [4.78, 5) is 16.8. The van der Waals surface area contributed by atoms with E-state index in [-0.39, 0.29) is 12.1 Å². The molecule has 0 unspecified atom stereocenters. The van der Waals surface area contributed by atoms with Crippen LogP contribution in [-0.4, -0.2) is 56.3 Å². The Balaban J connectivity index is 1.18. The van der Waals surface area contributed by atoms with Crippen LogP contribution in [0.5, 0.6) is 5.75 Å². The second kappa shape index (κ2) is 11.5. The lowest BCUT2D eigenvalue weighted by atomic mass is 9.94. The van der Waals surface area contributed by atoms with Gasteiger partial charge in [0.05, 0.1) is 22.2 Å². The molecule has 0 bridgehead atoms. The minimum absolute atomic E-state index is 0.234. The van der Waals surface area contributed by atoms with Gasteiger partial charge in [-0.05, 0) is 74.9 Å². The standard InChI is InChI=1S/C26H32Cl2N2O3/c1-2-32-26(31)20-3-5-21(6-4-20)30-15-9-19(10-16-30)18-29-13-11-22(12-14-29)33-23-7-8-24(27)25(28)17-23/h3-8,17,19,22H,2,9-16,18H2,1H3. The minimum atomic E-state index is -0.256. The number of carbonyl (C=O) groups is 1. The van der Waals surface area contributed by atoms with Crippen LogP contribution >= 0.6 is 23.2 Å². The molecule has 2 heterocycles. The Bertz CT molecular complexity index is 922. The highest BCUT2D eigenvalue weighted by molar-refractivity contribution is 6.42. The molecule has 2 aromatic carbocycles. The average Bonchev–Trinajstić information content (AvgIpc) is 2.83. The number of nitrogens with zero attached hydrogens (tertiary/aromatic N) is 2.